The van der Waals surface area contributed by atoms with Gasteiger partial charge in [0.1, 0.15) is 5.75 Å². The molecule has 1 aromatic carbocycles. The Morgan fingerprint density at radius 3 is 2.43 bits per heavy atom. The van der Waals surface area contributed by atoms with E-state index < -0.39 is 0 Å². The summed E-state index contributed by atoms with van der Waals surface area (Å²) in [5.74, 6) is 1.89. The van der Waals surface area contributed by atoms with Gasteiger partial charge in [0.25, 0.3) is 0 Å². The Hall–Kier alpha value is -1.02. The fraction of sp³-hybridized carbons (Fsp3) is 0.714. The van der Waals surface area contributed by atoms with Gasteiger partial charge in [-0.05, 0) is 55.8 Å². The van der Waals surface area contributed by atoms with Gasteiger partial charge >= 0.3 is 0 Å². The third-order valence-corrected chi connectivity index (χ3v) is 5.09. The highest BCUT2D eigenvalue weighted by Gasteiger charge is 2.15. The number of rotatable bonds is 10. The van der Waals surface area contributed by atoms with Gasteiger partial charge in [-0.1, -0.05) is 58.1 Å². The lowest BCUT2D eigenvalue weighted by Gasteiger charge is -2.25. The second-order valence-electron chi connectivity index (χ2n) is 7.00. The minimum absolute atomic E-state index is 0.478. The summed E-state index contributed by atoms with van der Waals surface area (Å²) in [4.78, 5) is 0. The lowest BCUT2D eigenvalue weighted by Crippen LogP contribution is -2.28. The molecule has 0 aliphatic heterocycles. The molecule has 1 saturated carbocycles. The molecule has 2 heteroatoms. The molecule has 1 aliphatic rings. The Morgan fingerprint density at radius 2 is 1.78 bits per heavy atom. The molecule has 1 fully saturated rings. The first-order chi connectivity index (χ1) is 11.3. The van der Waals surface area contributed by atoms with Crippen LogP contribution in [0, 0.1) is 5.92 Å². The van der Waals surface area contributed by atoms with E-state index in [1.807, 2.05) is 0 Å². The average molecular weight is 318 g/mol. The summed E-state index contributed by atoms with van der Waals surface area (Å²) in [7, 11) is 0. The van der Waals surface area contributed by atoms with Crippen molar-refractivity contribution in [1.82, 2.24) is 5.32 Å². The van der Waals surface area contributed by atoms with Crippen molar-refractivity contribution >= 4 is 0 Å². The molecule has 1 aromatic rings. The van der Waals surface area contributed by atoms with Crippen molar-refractivity contribution in [2.45, 2.75) is 77.7 Å². The molecule has 1 aliphatic carbocycles. The van der Waals surface area contributed by atoms with Crippen LogP contribution >= 0.6 is 0 Å². The first-order valence-corrected chi connectivity index (χ1v) is 9.79. The molecular formula is C21H35NO. The Morgan fingerprint density at radius 1 is 1.04 bits per heavy atom. The van der Waals surface area contributed by atoms with E-state index in [4.69, 9.17) is 4.74 Å². The lowest BCUT2D eigenvalue weighted by molar-refractivity contribution is 0.306. The van der Waals surface area contributed by atoms with Crippen molar-refractivity contribution in [2.75, 3.05) is 13.2 Å². The van der Waals surface area contributed by atoms with Crippen LogP contribution in [0.25, 0.3) is 0 Å². The number of ether oxygens (including phenoxy) is 1. The molecule has 1 unspecified atom stereocenters. The molecule has 1 atom stereocenters. The van der Waals surface area contributed by atoms with Crippen molar-refractivity contribution in [3.63, 3.8) is 0 Å². The minimum atomic E-state index is 0.478. The van der Waals surface area contributed by atoms with Crippen molar-refractivity contribution in [3.05, 3.63) is 29.8 Å². The number of benzene rings is 1. The minimum Gasteiger partial charge on any atom is -0.494 e. The summed E-state index contributed by atoms with van der Waals surface area (Å²) in [5.41, 5.74) is 1.39. The molecule has 0 radical (unpaired) electrons. The SMILES string of the molecule is CCCCCOc1ccc(C(CC)NCC2CCCCC2)cc1. The van der Waals surface area contributed by atoms with Crippen LogP contribution in [0.15, 0.2) is 24.3 Å². The zero-order valence-corrected chi connectivity index (χ0v) is 15.2. The summed E-state index contributed by atoms with van der Waals surface area (Å²) in [5, 5.41) is 3.79. The summed E-state index contributed by atoms with van der Waals surface area (Å²) in [6, 6.07) is 9.21. The van der Waals surface area contributed by atoms with Crippen molar-refractivity contribution in [2.24, 2.45) is 5.92 Å². The lowest BCUT2D eigenvalue weighted by atomic mass is 9.89. The molecular weight excluding hydrogens is 282 g/mol. The van der Waals surface area contributed by atoms with Crippen LogP contribution in [0.2, 0.25) is 0 Å². The van der Waals surface area contributed by atoms with E-state index in [2.05, 4.69) is 43.4 Å². The van der Waals surface area contributed by atoms with E-state index in [0.29, 0.717) is 6.04 Å². The monoisotopic (exact) mass is 317 g/mol. The molecule has 1 N–H and O–H groups in total. The second kappa shape index (κ2) is 10.7. The van der Waals surface area contributed by atoms with Gasteiger partial charge in [0.2, 0.25) is 0 Å². The molecule has 23 heavy (non-hydrogen) atoms. The summed E-state index contributed by atoms with van der Waals surface area (Å²) >= 11 is 0. The summed E-state index contributed by atoms with van der Waals surface area (Å²) < 4.78 is 5.81. The van der Waals surface area contributed by atoms with Crippen molar-refractivity contribution in [1.29, 1.82) is 0 Å². The fourth-order valence-electron chi connectivity index (χ4n) is 3.54. The standard InChI is InChI=1S/C21H35NO/c1-3-5-9-16-23-20-14-12-19(13-15-20)21(4-2)22-17-18-10-7-6-8-11-18/h12-15,18,21-22H,3-11,16-17H2,1-2H3. The van der Waals surface area contributed by atoms with Gasteiger partial charge in [-0.25, -0.2) is 0 Å². The molecule has 0 saturated heterocycles. The quantitative estimate of drug-likeness (QED) is 0.544. The highest BCUT2D eigenvalue weighted by molar-refractivity contribution is 5.29. The Balaban J connectivity index is 1.78. The molecule has 0 amide bonds. The van der Waals surface area contributed by atoms with E-state index >= 15 is 0 Å². The Bertz CT molecular complexity index is 408. The van der Waals surface area contributed by atoms with E-state index in [0.717, 1.165) is 31.1 Å². The molecule has 0 aromatic heterocycles. The number of nitrogens with one attached hydrogen (secondary N) is 1. The van der Waals surface area contributed by atoms with Gasteiger partial charge in [-0.15, -0.1) is 0 Å². The maximum atomic E-state index is 5.81. The Kier molecular flexibility index (Phi) is 8.52. The molecule has 0 spiro atoms. The highest BCUT2D eigenvalue weighted by atomic mass is 16.5. The maximum Gasteiger partial charge on any atom is 0.119 e. The van der Waals surface area contributed by atoms with Gasteiger partial charge in [0.15, 0.2) is 0 Å². The zero-order valence-electron chi connectivity index (χ0n) is 15.2. The van der Waals surface area contributed by atoms with Gasteiger partial charge in [0, 0.05) is 6.04 Å². The van der Waals surface area contributed by atoms with Crippen LogP contribution < -0.4 is 10.1 Å². The Labute approximate surface area is 143 Å². The third-order valence-electron chi connectivity index (χ3n) is 5.09. The summed E-state index contributed by atoms with van der Waals surface area (Å²) in [6.07, 6.45) is 11.9. The van der Waals surface area contributed by atoms with E-state index in [1.54, 1.807) is 0 Å². The van der Waals surface area contributed by atoms with Crippen LogP contribution in [-0.4, -0.2) is 13.2 Å². The van der Waals surface area contributed by atoms with Crippen molar-refractivity contribution < 1.29 is 4.74 Å². The molecule has 0 bridgehead atoms. The molecule has 0 heterocycles. The van der Waals surface area contributed by atoms with E-state index in [1.165, 1.54) is 57.1 Å². The van der Waals surface area contributed by atoms with Gasteiger partial charge in [-0.2, -0.15) is 0 Å². The third kappa shape index (κ3) is 6.55. The van der Waals surface area contributed by atoms with Gasteiger partial charge < -0.3 is 10.1 Å². The molecule has 2 nitrogen and oxygen atoms in total. The average Bonchev–Trinajstić information content (AvgIpc) is 2.61. The normalized spacial score (nSPS) is 17.1. The number of unbranched alkanes of at least 4 members (excludes halogenated alkanes) is 2. The van der Waals surface area contributed by atoms with Crippen LogP contribution in [0.4, 0.5) is 0 Å². The fourth-order valence-corrected chi connectivity index (χ4v) is 3.54. The number of hydrogen-bond donors (Lipinski definition) is 1. The first-order valence-electron chi connectivity index (χ1n) is 9.79. The van der Waals surface area contributed by atoms with Crippen LogP contribution in [-0.2, 0) is 0 Å². The van der Waals surface area contributed by atoms with Crippen LogP contribution in [0.3, 0.4) is 0 Å². The topological polar surface area (TPSA) is 21.3 Å². The van der Waals surface area contributed by atoms with E-state index in [9.17, 15) is 0 Å². The zero-order chi connectivity index (χ0) is 16.3. The molecule has 130 valence electrons. The van der Waals surface area contributed by atoms with Crippen LogP contribution in [0.1, 0.15) is 83.2 Å². The van der Waals surface area contributed by atoms with E-state index in [-0.39, 0.29) is 0 Å². The van der Waals surface area contributed by atoms with Gasteiger partial charge in [-0.3, -0.25) is 0 Å². The predicted molar refractivity (Wildman–Crippen MR) is 99.1 cm³/mol. The predicted octanol–water partition coefficient (Wildman–Crippen LogP) is 5.88. The summed E-state index contributed by atoms with van der Waals surface area (Å²) in [6.45, 7) is 6.51. The largest absolute Gasteiger partial charge is 0.494 e. The second-order valence-corrected chi connectivity index (χ2v) is 7.00. The smallest absolute Gasteiger partial charge is 0.119 e. The van der Waals surface area contributed by atoms with Gasteiger partial charge in [0.05, 0.1) is 6.61 Å². The molecule has 2 rings (SSSR count). The van der Waals surface area contributed by atoms with Crippen molar-refractivity contribution in [3.8, 4) is 5.75 Å². The first kappa shape index (κ1) is 18.3. The highest BCUT2D eigenvalue weighted by Crippen LogP contribution is 2.25. The number of hydrogen-bond acceptors (Lipinski definition) is 2. The maximum absolute atomic E-state index is 5.81. The van der Waals surface area contributed by atoms with Crippen LogP contribution in [0.5, 0.6) is 5.75 Å².